The third-order valence-corrected chi connectivity index (χ3v) is 8.47. The second-order valence-corrected chi connectivity index (χ2v) is 12.5. The number of nitrogens with one attached hydrogen (secondary N) is 6. The van der Waals surface area contributed by atoms with Gasteiger partial charge in [-0.15, -0.1) is 0 Å². The molecule has 2 aromatic rings. The first kappa shape index (κ1) is 39.4. The van der Waals surface area contributed by atoms with Gasteiger partial charge >= 0.3 is 11.9 Å². The molecule has 5 amide bonds. The molecule has 0 unspecified atom stereocenters. The van der Waals surface area contributed by atoms with Gasteiger partial charge in [0, 0.05) is 43.2 Å². The lowest BCUT2D eigenvalue weighted by atomic mass is 10.1. The molecule has 20 nitrogen and oxygen atoms in total. The van der Waals surface area contributed by atoms with Crippen LogP contribution in [-0.2, 0) is 46.4 Å². The first-order valence-corrected chi connectivity index (χ1v) is 17.0. The summed E-state index contributed by atoms with van der Waals surface area (Å²) in [5.41, 5.74) is 6.86. The molecule has 0 spiro atoms. The van der Waals surface area contributed by atoms with Gasteiger partial charge in [0.1, 0.15) is 30.2 Å². The number of rotatable bonds is 20. The van der Waals surface area contributed by atoms with Gasteiger partial charge in [0.05, 0.1) is 31.7 Å². The summed E-state index contributed by atoms with van der Waals surface area (Å²) in [6, 6.07) is -7.95. The second kappa shape index (κ2) is 19.2. The summed E-state index contributed by atoms with van der Waals surface area (Å²) in [7, 11) is 0. The van der Waals surface area contributed by atoms with Crippen LogP contribution in [0.1, 0.15) is 37.1 Å². The normalized spacial score (nSPS) is 17.1. The molecule has 0 radical (unpaired) electrons. The van der Waals surface area contributed by atoms with Crippen LogP contribution in [0.15, 0.2) is 25.0 Å². The number of thioether (sulfide) groups is 1. The van der Waals surface area contributed by atoms with E-state index in [1.54, 1.807) is 0 Å². The summed E-state index contributed by atoms with van der Waals surface area (Å²) in [4.78, 5) is 104. The third kappa shape index (κ3) is 11.6. The number of imidazole rings is 2. The molecule has 1 saturated heterocycles. The first-order valence-electron chi connectivity index (χ1n) is 15.6. The Morgan fingerprint density at radius 2 is 1.46 bits per heavy atom. The zero-order valence-corrected chi connectivity index (χ0v) is 28.0. The topological polar surface area (TPSA) is 315 Å². The van der Waals surface area contributed by atoms with Crippen molar-refractivity contribution in [1.29, 1.82) is 0 Å². The van der Waals surface area contributed by atoms with E-state index in [-0.39, 0.29) is 25.8 Å². The molecule has 1 aliphatic rings. The molecule has 21 heteroatoms. The van der Waals surface area contributed by atoms with Crippen LogP contribution in [0.25, 0.3) is 0 Å². The van der Waals surface area contributed by atoms with E-state index in [9.17, 15) is 43.8 Å². The molecule has 1 aliphatic heterocycles. The van der Waals surface area contributed by atoms with E-state index < -0.39 is 90.8 Å². The Kier molecular flexibility index (Phi) is 15.2. The first-order chi connectivity index (χ1) is 23.8. The monoisotopic (exact) mass is 722 g/mol. The number of H-pyrrole nitrogens is 2. The van der Waals surface area contributed by atoms with E-state index in [2.05, 4.69) is 41.2 Å². The molecule has 50 heavy (non-hydrogen) atoms. The Balaban J connectivity index is 1.74. The number of hydrogen-bond acceptors (Lipinski definition) is 12. The predicted octanol–water partition coefficient (Wildman–Crippen LogP) is -3.52. The quantitative estimate of drug-likeness (QED) is 0.0634. The van der Waals surface area contributed by atoms with Crippen LogP contribution in [0, 0.1) is 0 Å². The zero-order chi connectivity index (χ0) is 36.8. The standard InChI is InChI=1S/C29H42N10O10S/c1-50-6-4-17(30)24(43)35-18(7-15-10-31-13-33-15)26(45)38-21(12-40)28(47)39-5-2-3-22(39)27(46)36-19(8-16-11-32-14-34-16)25(44)37-20(29(48)49)9-23(41)42/h10-11,13-14,17-22,40H,2-9,12,30H2,1H3,(H,31,33)(H,32,34)(H,35,43)(H,36,46)(H,37,44)(H,38,45)(H,41,42)(H,48,49)/t17-,18-,19-,20-,21-,22-/m0/s1. The number of carbonyl (C=O) groups excluding carboxylic acids is 5. The molecule has 3 heterocycles. The Morgan fingerprint density at radius 3 is 1.96 bits per heavy atom. The van der Waals surface area contributed by atoms with Crippen LogP contribution >= 0.6 is 11.8 Å². The van der Waals surface area contributed by atoms with Gasteiger partial charge in [-0.3, -0.25) is 28.8 Å². The van der Waals surface area contributed by atoms with E-state index >= 15 is 0 Å². The van der Waals surface area contributed by atoms with Crippen LogP contribution in [0.4, 0.5) is 0 Å². The van der Waals surface area contributed by atoms with Gasteiger partial charge in [0.25, 0.3) is 0 Å². The van der Waals surface area contributed by atoms with Crippen LogP contribution in [0.5, 0.6) is 0 Å². The number of likely N-dealkylation sites (tertiary alicyclic amines) is 1. The smallest absolute Gasteiger partial charge is 0.326 e. The summed E-state index contributed by atoms with van der Waals surface area (Å²) in [6.07, 6.45) is 7.13. The van der Waals surface area contributed by atoms with Gasteiger partial charge in [-0.25, -0.2) is 14.8 Å². The average molecular weight is 723 g/mol. The molecule has 2 aromatic heterocycles. The number of amides is 5. The number of nitrogens with zero attached hydrogens (tertiary/aromatic N) is 3. The average Bonchev–Trinajstić information content (AvgIpc) is 3.88. The lowest BCUT2D eigenvalue weighted by Crippen LogP contribution is -2.60. The number of nitrogens with two attached hydrogens (primary N) is 1. The molecule has 6 atom stereocenters. The number of aliphatic hydroxyl groups is 1. The Hall–Kier alpha value is -5.02. The molecule has 11 N–H and O–H groups in total. The molecule has 1 fully saturated rings. The maximum atomic E-state index is 13.6. The highest BCUT2D eigenvalue weighted by Crippen LogP contribution is 2.19. The second-order valence-electron chi connectivity index (χ2n) is 11.5. The maximum Gasteiger partial charge on any atom is 0.326 e. The van der Waals surface area contributed by atoms with Crippen molar-refractivity contribution in [2.75, 3.05) is 25.2 Å². The van der Waals surface area contributed by atoms with Gasteiger partial charge in [-0.2, -0.15) is 11.8 Å². The van der Waals surface area contributed by atoms with Crippen molar-refractivity contribution in [2.24, 2.45) is 5.73 Å². The number of aliphatic hydroxyl groups excluding tert-OH is 1. The number of hydrogen-bond donors (Lipinski definition) is 10. The number of aromatic amines is 2. The number of carbonyl (C=O) groups is 7. The Labute approximate surface area is 290 Å². The van der Waals surface area contributed by atoms with Crippen molar-refractivity contribution in [1.82, 2.24) is 46.1 Å². The summed E-state index contributed by atoms with van der Waals surface area (Å²) < 4.78 is 0. The summed E-state index contributed by atoms with van der Waals surface area (Å²) in [5.74, 6) is -6.42. The highest BCUT2D eigenvalue weighted by Gasteiger charge is 2.40. The highest BCUT2D eigenvalue weighted by atomic mass is 32.2. The van der Waals surface area contributed by atoms with Gasteiger partial charge in [-0.1, -0.05) is 0 Å². The van der Waals surface area contributed by atoms with Crippen LogP contribution in [0.2, 0.25) is 0 Å². The largest absolute Gasteiger partial charge is 0.481 e. The van der Waals surface area contributed by atoms with Gasteiger partial charge in [0.15, 0.2) is 0 Å². The minimum Gasteiger partial charge on any atom is -0.481 e. The zero-order valence-electron chi connectivity index (χ0n) is 27.2. The summed E-state index contributed by atoms with van der Waals surface area (Å²) in [6.45, 7) is -0.780. The molecule has 3 rings (SSSR count). The summed E-state index contributed by atoms with van der Waals surface area (Å²) in [5, 5.41) is 38.3. The van der Waals surface area contributed by atoms with Crippen molar-refractivity contribution in [2.45, 2.75) is 74.8 Å². The predicted molar refractivity (Wildman–Crippen MR) is 175 cm³/mol. The van der Waals surface area contributed by atoms with E-state index in [1.807, 2.05) is 6.26 Å². The van der Waals surface area contributed by atoms with Crippen molar-refractivity contribution in [3.05, 3.63) is 36.4 Å². The molecular formula is C29H42N10O10S. The van der Waals surface area contributed by atoms with Gasteiger partial charge < -0.3 is 57.2 Å². The Morgan fingerprint density at radius 1 is 0.900 bits per heavy atom. The number of aromatic nitrogens is 4. The minimum atomic E-state index is -1.78. The Bertz CT molecular complexity index is 1470. The minimum absolute atomic E-state index is 0.0388. The van der Waals surface area contributed by atoms with E-state index in [4.69, 9.17) is 10.8 Å². The molecular weight excluding hydrogens is 680 g/mol. The number of aliphatic carboxylic acids is 2. The van der Waals surface area contributed by atoms with Gasteiger partial charge in [-0.05, 0) is 31.3 Å². The molecule has 0 bridgehead atoms. The van der Waals surface area contributed by atoms with E-state index in [0.29, 0.717) is 30.0 Å². The lowest BCUT2D eigenvalue weighted by molar-refractivity contribution is -0.147. The molecule has 274 valence electrons. The summed E-state index contributed by atoms with van der Waals surface area (Å²) >= 11 is 1.50. The SMILES string of the molecule is CSCC[C@H](N)C(=O)N[C@@H](Cc1cnc[nH]1)C(=O)N[C@@H](CO)C(=O)N1CCC[C@H]1C(=O)N[C@@H](Cc1cnc[nH]1)C(=O)N[C@@H](CC(=O)O)C(=O)O. The lowest BCUT2D eigenvalue weighted by Gasteiger charge is -2.30. The van der Waals surface area contributed by atoms with E-state index in [1.165, 1.54) is 36.8 Å². The van der Waals surface area contributed by atoms with Crippen LogP contribution < -0.4 is 27.0 Å². The molecule has 0 aliphatic carbocycles. The fourth-order valence-electron chi connectivity index (χ4n) is 5.18. The fourth-order valence-corrected chi connectivity index (χ4v) is 5.67. The van der Waals surface area contributed by atoms with Crippen LogP contribution in [-0.4, -0.2) is 143 Å². The third-order valence-electron chi connectivity index (χ3n) is 7.82. The van der Waals surface area contributed by atoms with Crippen molar-refractivity contribution >= 4 is 53.2 Å². The fraction of sp³-hybridized carbons (Fsp3) is 0.552. The molecule has 0 saturated carbocycles. The van der Waals surface area contributed by atoms with Crippen molar-refractivity contribution in [3.63, 3.8) is 0 Å². The molecule has 0 aromatic carbocycles. The maximum absolute atomic E-state index is 13.6. The van der Waals surface area contributed by atoms with Crippen molar-refractivity contribution < 1.29 is 48.9 Å². The number of carboxylic acid groups (broad SMARTS) is 2. The number of carboxylic acids is 2. The van der Waals surface area contributed by atoms with Crippen LogP contribution in [0.3, 0.4) is 0 Å². The van der Waals surface area contributed by atoms with Gasteiger partial charge in [0.2, 0.25) is 29.5 Å². The highest BCUT2D eigenvalue weighted by molar-refractivity contribution is 7.98. The van der Waals surface area contributed by atoms with E-state index in [0.717, 1.165) is 4.90 Å². The van der Waals surface area contributed by atoms with Crippen molar-refractivity contribution in [3.8, 4) is 0 Å².